The van der Waals surface area contributed by atoms with E-state index in [-0.39, 0.29) is 11.3 Å². The molecule has 64 valence electrons. The quantitative estimate of drug-likeness (QED) is 0.631. The summed E-state index contributed by atoms with van der Waals surface area (Å²) in [5.74, 6) is -0.667. The number of hydrogen-bond donors (Lipinski definition) is 1. The predicted octanol–water partition coefficient (Wildman–Crippen LogP) is 0.856. The molecule has 0 aliphatic heterocycles. The minimum atomic E-state index is -0.875. The molecule has 1 aromatic heterocycles. The van der Waals surface area contributed by atoms with Gasteiger partial charge in [-0.1, -0.05) is 0 Å². The van der Waals surface area contributed by atoms with Gasteiger partial charge in [0.2, 0.25) is 5.75 Å². The van der Waals surface area contributed by atoms with Crippen LogP contribution in [0.3, 0.4) is 0 Å². The molecule has 4 heteroatoms. The van der Waals surface area contributed by atoms with Crippen molar-refractivity contribution in [2.24, 2.45) is 0 Å². The number of aryl methyl sites for hydroxylation is 1. The largest absolute Gasteiger partial charge is 0.501 e. The van der Waals surface area contributed by atoms with Gasteiger partial charge in [0.25, 0.3) is 0 Å². The zero-order valence-electron chi connectivity index (χ0n) is 6.75. The van der Waals surface area contributed by atoms with E-state index in [9.17, 15) is 9.59 Å². The first-order valence-corrected chi connectivity index (χ1v) is 3.37. The van der Waals surface area contributed by atoms with Gasteiger partial charge in [-0.2, -0.15) is 0 Å². The van der Waals surface area contributed by atoms with E-state index in [1.807, 2.05) is 0 Å². The fourth-order valence-corrected chi connectivity index (χ4v) is 0.874. The molecule has 0 radical (unpaired) electrons. The highest BCUT2D eigenvalue weighted by atomic mass is 16.4. The van der Waals surface area contributed by atoms with Crippen LogP contribution >= 0.6 is 0 Å². The molecule has 1 aromatic rings. The van der Waals surface area contributed by atoms with Gasteiger partial charge in [0.1, 0.15) is 5.76 Å². The maximum atomic E-state index is 10.8. The minimum absolute atomic E-state index is 0.00347. The molecule has 0 saturated carbocycles. The third-order valence-corrected chi connectivity index (χ3v) is 1.43. The highest BCUT2D eigenvalue weighted by molar-refractivity contribution is 5.96. The smallest absolute Gasteiger partial charge is 0.379 e. The molecular weight excluding hydrogens is 160 g/mol. The van der Waals surface area contributed by atoms with Crippen molar-refractivity contribution in [2.75, 3.05) is 0 Å². The predicted molar refractivity (Wildman–Crippen MR) is 41.4 cm³/mol. The standard InChI is InChI=1S/C8H8O4/c1-4-3-6(5(2)9)7(10)8(11)12-4/h3,10H,1-2H3. The molecular formula is C8H8O4. The molecule has 0 spiro atoms. The molecule has 0 unspecified atom stereocenters. The zero-order chi connectivity index (χ0) is 9.30. The summed E-state index contributed by atoms with van der Waals surface area (Å²) in [6.07, 6.45) is 0. The Morgan fingerprint density at radius 1 is 1.58 bits per heavy atom. The van der Waals surface area contributed by atoms with E-state index in [0.29, 0.717) is 5.76 Å². The molecule has 1 rings (SSSR count). The first-order chi connectivity index (χ1) is 5.52. The summed E-state index contributed by atoms with van der Waals surface area (Å²) >= 11 is 0. The van der Waals surface area contributed by atoms with Gasteiger partial charge in [-0.3, -0.25) is 4.79 Å². The number of hydrogen-bond acceptors (Lipinski definition) is 4. The lowest BCUT2D eigenvalue weighted by atomic mass is 10.1. The normalized spacial score (nSPS) is 9.83. The molecule has 4 nitrogen and oxygen atoms in total. The maximum absolute atomic E-state index is 10.8. The Morgan fingerprint density at radius 3 is 2.67 bits per heavy atom. The Balaban J connectivity index is 3.48. The van der Waals surface area contributed by atoms with Crippen LogP contribution in [0.5, 0.6) is 5.75 Å². The van der Waals surface area contributed by atoms with E-state index in [1.165, 1.54) is 19.9 Å². The van der Waals surface area contributed by atoms with Crippen molar-refractivity contribution >= 4 is 5.78 Å². The molecule has 0 bridgehead atoms. The van der Waals surface area contributed by atoms with E-state index >= 15 is 0 Å². The third kappa shape index (κ3) is 1.37. The van der Waals surface area contributed by atoms with Crippen LogP contribution in [0.25, 0.3) is 0 Å². The molecule has 0 aliphatic carbocycles. The van der Waals surface area contributed by atoms with E-state index in [1.54, 1.807) is 0 Å². The van der Waals surface area contributed by atoms with Crippen molar-refractivity contribution in [1.82, 2.24) is 0 Å². The first-order valence-electron chi connectivity index (χ1n) is 3.37. The van der Waals surface area contributed by atoms with E-state index in [2.05, 4.69) is 4.42 Å². The monoisotopic (exact) mass is 168 g/mol. The summed E-state index contributed by atoms with van der Waals surface area (Å²) in [5, 5.41) is 9.07. The Labute approximate surface area is 68.4 Å². The van der Waals surface area contributed by atoms with Gasteiger partial charge >= 0.3 is 5.63 Å². The van der Waals surface area contributed by atoms with Crippen LogP contribution < -0.4 is 5.63 Å². The molecule has 0 aliphatic rings. The van der Waals surface area contributed by atoms with Crippen LogP contribution in [-0.4, -0.2) is 10.9 Å². The van der Waals surface area contributed by atoms with Crippen LogP contribution in [0.15, 0.2) is 15.3 Å². The van der Waals surface area contributed by atoms with Gasteiger partial charge in [-0.05, 0) is 19.9 Å². The van der Waals surface area contributed by atoms with E-state index < -0.39 is 11.4 Å². The van der Waals surface area contributed by atoms with Crippen LogP contribution in [-0.2, 0) is 0 Å². The molecule has 1 N–H and O–H groups in total. The van der Waals surface area contributed by atoms with E-state index in [0.717, 1.165) is 0 Å². The summed E-state index contributed by atoms with van der Waals surface area (Å²) in [4.78, 5) is 21.6. The molecule has 0 saturated heterocycles. The van der Waals surface area contributed by atoms with Crippen molar-refractivity contribution in [2.45, 2.75) is 13.8 Å². The van der Waals surface area contributed by atoms with Gasteiger partial charge in [-0.25, -0.2) is 4.79 Å². The average molecular weight is 168 g/mol. The zero-order valence-corrected chi connectivity index (χ0v) is 6.75. The summed E-state index contributed by atoms with van der Waals surface area (Å²) in [6, 6.07) is 1.33. The molecule has 0 fully saturated rings. The van der Waals surface area contributed by atoms with Crippen molar-refractivity contribution < 1.29 is 14.3 Å². The lowest BCUT2D eigenvalue weighted by Crippen LogP contribution is -2.05. The topological polar surface area (TPSA) is 67.5 Å². The fourth-order valence-electron chi connectivity index (χ4n) is 0.874. The highest BCUT2D eigenvalue weighted by Crippen LogP contribution is 2.13. The summed E-state index contributed by atoms with van der Waals surface area (Å²) in [7, 11) is 0. The van der Waals surface area contributed by atoms with Crippen molar-refractivity contribution in [1.29, 1.82) is 0 Å². The number of ketones is 1. The first kappa shape index (κ1) is 8.52. The Morgan fingerprint density at radius 2 is 2.17 bits per heavy atom. The van der Waals surface area contributed by atoms with Crippen molar-refractivity contribution in [3.05, 3.63) is 27.8 Å². The van der Waals surface area contributed by atoms with Gasteiger partial charge in [0.05, 0.1) is 5.56 Å². The number of carbonyl (C=O) groups excluding carboxylic acids is 1. The van der Waals surface area contributed by atoms with Gasteiger partial charge in [-0.15, -0.1) is 0 Å². The number of rotatable bonds is 1. The molecule has 12 heavy (non-hydrogen) atoms. The second-order valence-electron chi connectivity index (χ2n) is 2.46. The number of aromatic hydroxyl groups is 1. The van der Waals surface area contributed by atoms with Gasteiger partial charge in [0.15, 0.2) is 5.78 Å². The van der Waals surface area contributed by atoms with Crippen molar-refractivity contribution in [3.8, 4) is 5.75 Å². The van der Waals surface area contributed by atoms with Crippen LogP contribution in [0.1, 0.15) is 23.0 Å². The lowest BCUT2D eigenvalue weighted by Gasteiger charge is -1.98. The SMILES string of the molecule is CC(=O)c1cc(C)oc(=O)c1O. The molecule has 1 heterocycles. The Hall–Kier alpha value is -1.58. The summed E-state index contributed by atoms with van der Waals surface area (Å²) in [6.45, 7) is 2.81. The third-order valence-electron chi connectivity index (χ3n) is 1.43. The van der Waals surface area contributed by atoms with Crippen molar-refractivity contribution in [3.63, 3.8) is 0 Å². The second-order valence-corrected chi connectivity index (χ2v) is 2.46. The van der Waals surface area contributed by atoms with Crippen LogP contribution in [0, 0.1) is 6.92 Å². The van der Waals surface area contributed by atoms with E-state index in [4.69, 9.17) is 5.11 Å². The Kier molecular flexibility index (Phi) is 1.99. The number of carbonyl (C=O) groups is 1. The minimum Gasteiger partial charge on any atom is -0.501 e. The number of Topliss-reactive ketones (excluding diaryl/α,β-unsaturated/α-hetero) is 1. The maximum Gasteiger partial charge on any atom is 0.379 e. The summed E-state index contributed by atoms with van der Waals surface area (Å²) < 4.78 is 4.54. The Bertz CT molecular complexity index is 375. The van der Waals surface area contributed by atoms with Gasteiger partial charge in [0, 0.05) is 0 Å². The molecule has 0 atom stereocenters. The molecule has 0 amide bonds. The lowest BCUT2D eigenvalue weighted by molar-refractivity contribution is 0.101. The van der Waals surface area contributed by atoms with Crippen LogP contribution in [0.4, 0.5) is 0 Å². The average Bonchev–Trinajstić information content (AvgIpc) is 1.96. The molecule has 0 aromatic carbocycles. The highest BCUT2D eigenvalue weighted by Gasteiger charge is 2.11. The second kappa shape index (κ2) is 2.81. The fraction of sp³-hybridized carbons (Fsp3) is 0.250. The van der Waals surface area contributed by atoms with Gasteiger partial charge < -0.3 is 9.52 Å². The summed E-state index contributed by atoms with van der Waals surface area (Å²) in [5.41, 5.74) is -0.871. The van der Waals surface area contributed by atoms with Crippen LogP contribution in [0.2, 0.25) is 0 Å².